The van der Waals surface area contributed by atoms with Gasteiger partial charge in [-0.3, -0.25) is 14.9 Å². The van der Waals surface area contributed by atoms with Crippen LogP contribution >= 0.6 is 11.6 Å². The van der Waals surface area contributed by atoms with Crippen LogP contribution in [0.15, 0.2) is 41.3 Å². The summed E-state index contributed by atoms with van der Waals surface area (Å²) in [6.45, 7) is 0. The number of benzene rings is 2. The summed E-state index contributed by atoms with van der Waals surface area (Å²) < 4.78 is 28.1. The Bertz CT molecular complexity index is 961. The summed E-state index contributed by atoms with van der Waals surface area (Å²) in [4.78, 5) is 22.3. The van der Waals surface area contributed by atoms with Crippen LogP contribution in [0, 0.1) is 10.1 Å². The molecular formula is C14H12ClN3O6S. The maximum absolute atomic E-state index is 12.3. The number of carbonyl (C=O) groups excluding carboxylic acids is 1. The van der Waals surface area contributed by atoms with E-state index in [4.69, 9.17) is 21.5 Å². The molecule has 0 spiro atoms. The normalized spacial score (nSPS) is 11.0. The molecule has 25 heavy (non-hydrogen) atoms. The molecule has 2 rings (SSSR count). The Morgan fingerprint density at radius 2 is 1.96 bits per heavy atom. The zero-order chi connectivity index (χ0) is 18.8. The van der Waals surface area contributed by atoms with Gasteiger partial charge in [0.05, 0.1) is 12.0 Å². The quantitative estimate of drug-likeness (QED) is 0.596. The Labute approximate surface area is 147 Å². The molecule has 3 N–H and O–H groups in total. The third kappa shape index (κ3) is 4.24. The van der Waals surface area contributed by atoms with Crippen LogP contribution in [-0.2, 0) is 10.0 Å². The van der Waals surface area contributed by atoms with Crippen LogP contribution in [0.25, 0.3) is 0 Å². The highest BCUT2D eigenvalue weighted by Crippen LogP contribution is 2.28. The van der Waals surface area contributed by atoms with E-state index in [9.17, 15) is 23.3 Å². The third-order valence-corrected chi connectivity index (χ3v) is 4.30. The standard InChI is InChI=1S/C14H12ClN3O6S/c1-24-12-5-3-9(7-13(12)25(16,22)23)17-14(19)10-6-8(15)2-4-11(10)18(20)21/h2-7H,1H3,(H,17,19)(H2,16,22,23). The second-order valence-corrected chi connectivity index (χ2v) is 6.75. The lowest BCUT2D eigenvalue weighted by Gasteiger charge is -2.10. The van der Waals surface area contributed by atoms with Crippen molar-refractivity contribution in [2.75, 3.05) is 12.4 Å². The molecule has 9 nitrogen and oxygen atoms in total. The van der Waals surface area contributed by atoms with Crippen molar-refractivity contribution in [3.05, 3.63) is 57.1 Å². The van der Waals surface area contributed by atoms with E-state index in [1.165, 1.54) is 25.3 Å². The molecule has 0 bridgehead atoms. The number of nitro benzene ring substituents is 1. The van der Waals surface area contributed by atoms with Crippen molar-refractivity contribution in [1.29, 1.82) is 0 Å². The van der Waals surface area contributed by atoms with Crippen molar-refractivity contribution >= 4 is 38.9 Å². The number of hydrogen-bond acceptors (Lipinski definition) is 6. The summed E-state index contributed by atoms with van der Waals surface area (Å²) in [5.74, 6) is -0.839. The van der Waals surface area contributed by atoms with Gasteiger partial charge >= 0.3 is 0 Å². The molecule has 0 saturated carbocycles. The largest absolute Gasteiger partial charge is 0.495 e. The van der Waals surface area contributed by atoms with Crippen LogP contribution in [0.1, 0.15) is 10.4 Å². The van der Waals surface area contributed by atoms with E-state index in [-0.39, 0.29) is 26.9 Å². The van der Waals surface area contributed by atoms with Crippen molar-refractivity contribution in [2.24, 2.45) is 5.14 Å². The summed E-state index contributed by atoms with van der Waals surface area (Å²) >= 11 is 5.78. The van der Waals surface area contributed by atoms with E-state index in [0.29, 0.717) is 0 Å². The molecule has 0 aliphatic carbocycles. The van der Waals surface area contributed by atoms with Gasteiger partial charge in [-0.25, -0.2) is 13.6 Å². The molecule has 0 saturated heterocycles. The molecular weight excluding hydrogens is 374 g/mol. The molecule has 0 fully saturated rings. The number of amides is 1. The zero-order valence-corrected chi connectivity index (χ0v) is 14.3. The first kappa shape index (κ1) is 18.6. The number of carbonyl (C=O) groups is 1. The Hall–Kier alpha value is -2.69. The minimum Gasteiger partial charge on any atom is -0.495 e. The number of nitrogens with one attached hydrogen (secondary N) is 1. The van der Waals surface area contributed by atoms with Gasteiger partial charge in [0, 0.05) is 16.8 Å². The van der Waals surface area contributed by atoms with E-state index >= 15 is 0 Å². The predicted octanol–water partition coefficient (Wildman–Crippen LogP) is 2.16. The van der Waals surface area contributed by atoms with Crippen molar-refractivity contribution in [2.45, 2.75) is 4.90 Å². The first-order valence-electron chi connectivity index (χ1n) is 6.59. The highest BCUT2D eigenvalue weighted by Gasteiger charge is 2.22. The van der Waals surface area contributed by atoms with Gasteiger partial charge in [0.15, 0.2) is 0 Å². The SMILES string of the molecule is COc1ccc(NC(=O)c2cc(Cl)ccc2[N+](=O)[O-])cc1S(N)(=O)=O. The Balaban J connectivity index is 2.43. The number of primary sulfonamides is 1. The number of anilines is 1. The molecule has 2 aromatic rings. The average molecular weight is 386 g/mol. The molecule has 0 aliphatic heterocycles. The van der Waals surface area contributed by atoms with Gasteiger partial charge in [0.2, 0.25) is 10.0 Å². The Kier molecular flexibility index (Phi) is 5.26. The minimum atomic E-state index is -4.10. The maximum Gasteiger partial charge on any atom is 0.282 e. The number of nitrogens with zero attached hydrogens (tertiary/aromatic N) is 1. The van der Waals surface area contributed by atoms with E-state index in [1.807, 2.05) is 0 Å². The fourth-order valence-corrected chi connectivity index (χ4v) is 2.92. The Morgan fingerprint density at radius 1 is 1.28 bits per heavy atom. The summed E-state index contributed by atoms with van der Waals surface area (Å²) in [5, 5.41) is 18.6. The van der Waals surface area contributed by atoms with Crippen molar-refractivity contribution < 1.29 is 22.9 Å². The lowest BCUT2D eigenvalue weighted by atomic mass is 10.1. The molecule has 11 heteroatoms. The fraction of sp³-hybridized carbons (Fsp3) is 0.0714. The van der Waals surface area contributed by atoms with E-state index in [2.05, 4.69) is 5.32 Å². The monoisotopic (exact) mass is 385 g/mol. The number of halogens is 1. The van der Waals surface area contributed by atoms with Crippen LogP contribution in [0.5, 0.6) is 5.75 Å². The second-order valence-electron chi connectivity index (χ2n) is 4.78. The molecule has 0 unspecified atom stereocenters. The van der Waals surface area contributed by atoms with Crippen molar-refractivity contribution in [1.82, 2.24) is 0 Å². The molecule has 2 aromatic carbocycles. The van der Waals surface area contributed by atoms with Gasteiger partial charge < -0.3 is 10.1 Å². The van der Waals surface area contributed by atoms with Gasteiger partial charge in [-0.1, -0.05) is 11.6 Å². The maximum atomic E-state index is 12.3. The lowest BCUT2D eigenvalue weighted by Crippen LogP contribution is -2.16. The molecule has 1 amide bonds. The number of sulfonamides is 1. The average Bonchev–Trinajstić information content (AvgIpc) is 2.53. The number of ether oxygens (including phenoxy) is 1. The van der Waals surface area contributed by atoms with Crippen LogP contribution in [-0.4, -0.2) is 26.4 Å². The lowest BCUT2D eigenvalue weighted by molar-refractivity contribution is -0.385. The number of rotatable bonds is 5. The highest BCUT2D eigenvalue weighted by atomic mass is 35.5. The summed E-state index contributed by atoms with van der Waals surface area (Å²) in [5.41, 5.74) is -0.656. The van der Waals surface area contributed by atoms with Crippen LogP contribution < -0.4 is 15.2 Å². The van der Waals surface area contributed by atoms with Gasteiger partial charge in [-0.2, -0.15) is 0 Å². The van der Waals surface area contributed by atoms with E-state index in [1.54, 1.807) is 0 Å². The van der Waals surface area contributed by atoms with Gasteiger partial charge in [0.1, 0.15) is 16.2 Å². The molecule has 0 atom stereocenters. The van der Waals surface area contributed by atoms with Gasteiger partial charge in [-0.15, -0.1) is 0 Å². The smallest absolute Gasteiger partial charge is 0.282 e. The number of hydrogen-bond donors (Lipinski definition) is 2. The zero-order valence-electron chi connectivity index (χ0n) is 12.7. The van der Waals surface area contributed by atoms with Gasteiger partial charge in [-0.05, 0) is 30.3 Å². The predicted molar refractivity (Wildman–Crippen MR) is 90.4 cm³/mol. The fourth-order valence-electron chi connectivity index (χ4n) is 2.02. The topological polar surface area (TPSA) is 142 Å². The van der Waals surface area contributed by atoms with Crippen LogP contribution in [0.4, 0.5) is 11.4 Å². The molecule has 0 aromatic heterocycles. The van der Waals surface area contributed by atoms with E-state index < -0.39 is 26.5 Å². The third-order valence-electron chi connectivity index (χ3n) is 3.13. The van der Waals surface area contributed by atoms with E-state index in [0.717, 1.165) is 18.2 Å². The minimum absolute atomic E-state index is 0.00534. The van der Waals surface area contributed by atoms with Crippen molar-refractivity contribution in [3.63, 3.8) is 0 Å². The number of methoxy groups -OCH3 is 1. The molecule has 0 aliphatic rings. The summed E-state index contributed by atoms with van der Waals surface area (Å²) in [6, 6.07) is 7.26. The number of nitrogens with two attached hydrogens (primary N) is 1. The summed E-state index contributed by atoms with van der Waals surface area (Å²) in [7, 11) is -2.84. The molecule has 0 radical (unpaired) electrons. The first-order chi connectivity index (χ1) is 11.6. The number of nitro groups is 1. The molecule has 132 valence electrons. The van der Waals surface area contributed by atoms with Crippen LogP contribution in [0.3, 0.4) is 0 Å². The molecule has 0 heterocycles. The van der Waals surface area contributed by atoms with Crippen LogP contribution in [0.2, 0.25) is 5.02 Å². The first-order valence-corrected chi connectivity index (χ1v) is 8.52. The highest BCUT2D eigenvalue weighted by molar-refractivity contribution is 7.89. The Morgan fingerprint density at radius 3 is 2.52 bits per heavy atom. The van der Waals surface area contributed by atoms with Gasteiger partial charge in [0.25, 0.3) is 11.6 Å². The van der Waals surface area contributed by atoms with Crippen molar-refractivity contribution in [3.8, 4) is 5.75 Å². The second kappa shape index (κ2) is 7.05. The summed E-state index contributed by atoms with van der Waals surface area (Å²) in [6.07, 6.45) is 0.